The molecule has 0 saturated carbocycles. The van der Waals surface area contributed by atoms with Gasteiger partial charge < -0.3 is 34.0 Å². The SMILES string of the molecule is [Br-].[Br-].c1cc[n+](N(Cc2ccccc2-c2ccccc2CN(c2ccccn2)[n+]2ccccc2)c2ccccn2)cc1. The molecule has 0 aliphatic rings. The number of hydrogen-bond donors (Lipinski definition) is 0. The molecule has 0 bridgehead atoms. The summed E-state index contributed by atoms with van der Waals surface area (Å²) in [5.74, 6) is 1.76. The van der Waals surface area contributed by atoms with Crippen molar-refractivity contribution in [3.05, 3.63) is 170 Å². The molecule has 2 aromatic carbocycles. The molecule has 0 amide bonds. The third-order valence-electron chi connectivity index (χ3n) is 6.75. The molecule has 6 aromatic rings. The maximum atomic E-state index is 4.67. The highest BCUT2D eigenvalue weighted by molar-refractivity contribution is 5.71. The molecule has 42 heavy (non-hydrogen) atoms. The van der Waals surface area contributed by atoms with Crippen molar-refractivity contribution in [2.24, 2.45) is 0 Å². The number of hydrogen-bond acceptors (Lipinski definition) is 4. The number of nitrogens with zero attached hydrogens (tertiary/aromatic N) is 6. The molecule has 8 heteroatoms. The van der Waals surface area contributed by atoms with Crippen molar-refractivity contribution in [1.82, 2.24) is 9.97 Å². The topological polar surface area (TPSA) is 40.0 Å². The van der Waals surface area contributed by atoms with Gasteiger partial charge >= 0.3 is 0 Å². The van der Waals surface area contributed by atoms with Crippen molar-refractivity contribution in [1.29, 1.82) is 0 Å². The summed E-state index contributed by atoms with van der Waals surface area (Å²) < 4.78 is 4.17. The zero-order valence-corrected chi connectivity index (χ0v) is 26.0. The maximum Gasteiger partial charge on any atom is 0.200 e. The largest absolute Gasteiger partial charge is 1.00 e. The van der Waals surface area contributed by atoms with Crippen LogP contribution in [0.25, 0.3) is 11.1 Å². The Morgan fingerprint density at radius 2 is 0.810 bits per heavy atom. The van der Waals surface area contributed by atoms with Gasteiger partial charge in [0, 0.05) is 36.7 Å². The lowest BCUT2D eigenvalue weighted by Crippen LogP contribution is -3.00. The Hall–Kier alpha value is -4.40. The minimum atomic E-state index is 0. The van der Waals surface area contributed by atoms with Crippen LogP contribution in [0.4, 0.5) is 11.6 Å². The van der Waals surface area contributed by atoms with Gasteiger partial charge in [-0.25, -0.2) is 9.97 Å². The summed E-state index contributed by atoms with van der Waals surface area (Å²) in [6, 6.07) is 41.4. The van der Waals surface area contributed by atoms with E-state index < -0.39 is 0 Å². The molecule has 0 spiro atoms. The molecule has 0 saturated heterocycles. The standard InChI is InChI=1S/C34H30N6.2BrH/c1-11-23-37(24-12-1)39(33-19-7-9-21-35-33)27-29-15-3-5-17-31(29)32-18-6-4-16-30(32)28-40(34-20-8-10-22-36-34)38-25-13-2-14-26-38;;/h1-26H,27-28H2;2*1H/q+2;;/p-2. The fraction of sp³-hybridized carbons (Fsp3) is 0.0588. The minimum Gasteiger partial charge on any atom is -1.00 e. The Bertz CT molecular complexity index is 1450. The number of benzene rings is 2. The van der Waals surface area contributed by atoms with Crippen molar-refractivity contribution < 1.29 is 43.3 Å². The van der Waals surface area contributed by atoms with Crippen LogP contribution in [0.1, 0.15) is 11.1 Å². The fourth-order valence-corrected chi connectivity index (χ4v) is 4.84. The summed E-state index contributed by atoms with van der Waals surface area (Å²) >= 11 is 0. The quantitative estimate of drug-likeness (QED) is 0.196. The average Bonchev–Trinajstić information content (AvgIpc) is 3.04. The van der Waals surface area contributed by atoms with Crippen LogP contribution in [-0.2, 0) is 13.1 Å². The second-order valence-corrected chi connectivity index (χ2v) is 9.32. The predicted octanol–water partition coefficient (Wildman–Crippen LogP) is -0.334. The smallest absolute Gasteiger partial charge is 0.200 e. The van der Waals surface area contributed by atoms with Gasteiger partial charge in [-0.15, -0.1) is 10.0 Å². The van der Waals surface area contributed by atoms with Gasteiger partial charge in [-0.2, -0.15) is 0 Å². The molecule has 0 radical (unpaired) electrons. The van der Waals surface area contributed by atoms with E-state index >= 15 is 0 Å². The fourth-order valence-electron chi connectivity index (χ4n) is 4.84. The predicted molar refractivity (Wildman–Crippen MR) is 157 cm³/mol. The number of pyridine rings is 4. The van der Waals surface area contributed by atoms with Crippen LogP contribution in [0.2, 0.25) is 0 Å². The number of aromatic nitrogens is 4. The number of halogens is 2. The summed E-state index contributed by atoms with van der Waals surface area (Å²) in [7, 11) is 0. The molecule has 4 aromatic heterocycles. The monoisotopic (exact) mass is 680 g/mol. The second-order valence-electron chi connectivity index (χ2n) is 9.32. The Labute approximate surface area is 267 Å². The first-order chi connectivity index (χ1) is 19.9. The van der Waals surface area contributed by atoms with Gasteiger partial charge in [-0.1, -0.05) is 82.1 Å². The molecule has 6 nitrogen and oxygen atoms in total. The lowest BCUT2D eigenvalue weighted by atomic mass is 9.95. The van der Waals surface area contributed by atoms with E-state index in [1.165, 1.54) is 22.3 Å². The Morgan fingerprint density at radius 3 is 1.19 bits per heavy atom. The molecule has 6 rings (SSSR count). The molecule has 4 heterocycles. The Balaban J connectivity index is 0.00000202. The second kappa shape index (κ2) is 15.0. The molecule has 0 aliphatic heterocycles. The van der Waals surface area contributed by atoms with Gasteiger partial charge in [0.1, 0.15) is 13.1 Å². The van der Waals surface area contributed by atoms with Crippen LogP contribution >= 0.6 is 0 Å². The molecule has 0 fully saturated rings. The Morgan fingerprint density at radius 1 is 0.429 bits per heavy atom. The zero-order chi connectivity index (χ0) is 27.0. The van der Waals surface area contributed by atoms with Crippen molar-refractivity contribution in [2.75, 3.05) is 10.0 Å². The van der Waals surface area contributed by atoms with Gasteiger partial charge in [0.2, 0.25) is 0 Å². The lowest BCUT2D eigenvalue weighted by molar-refractivity contribution is -0.686. The van der Waals surface area contributed by atoms with E-state index in [0.717, 1.165) is 11.6 Å². The molecule has 0 unspecified atom stereocenters. The lowest BCUT2D eigenvalue weighted by Gasteiger charge is -2.21. The van der Waals surface area contributed by atoms with E-state index in [1.807, 2.05) is 110 Å². The molecular formula is C34H30Br2N6. The van der Waals surface area contributed by atoms with E-state index in [9.17, 15) is 0 Å². The van der Waals surface area contributed by atoms with E-state index in [-0.39, 0.29) is 34.0 Å². The molecule has 0 aliphatic carbocycles. The van der Waals surface area contributed by atoms with Crippen molar-refractivity contribution >= 4 is 11.6 Å². The van der Waals surface area contributed by atoms with Crippen LogP contribution in [0.3, 0.4) is 0 Å². The maximum absolute atomic E-state index is 4.67. The van der Waals surface area contributed by atoms with Gasteiger partial charge in [0.25, 0.3) is 0 Å². The van der Waals surface area contributed by atoms with E-state index in [4.69, 9.17) is 0 Å². The molecule has 210 valence electrons. The summed E-state index contributed by atoms with van der Waals surface area (Å²) in [6.07, 6.45) is 11.9. The summed E-state index contributed by atoms with van der Waals surface area (Å²) in [5.41, 5.74) is 4.78. The van der Waals surface area contributed by atoms with E-state index in [2.05, 4.69) is 77.9 Å². The van der Waals surface area contributed by atoms with Crippen LogP contribution < -0.4 is 53.3 Å². The van der Waals surface area contributed by atoms with Gasteiger partial charge in [-0.3, -0.25) is 0 Å². The first-order valence-corrected chi connectivity index (χ1v) is 13.3. The third kappa shape index (κ3) is 7.08. The number of rotatable bonds is 9. The van der Waals surface area contributed by atoms with Crippen molar-refractivity contribution in [3.63, 3.8) is 0 Å². The first kappa shape index (κ1) is 30.6. The van der Waals surface area contributed by atoms with E-state index in [1.54, 1.807) is 0 Å². The van der Waals surface area contributed by atoms with Crippen molar-refractivity contribution in [3.8, 4) is 11.1 Å². The minimum absolute atomic E-state index is 0. The van der Waals surface area contributed by atoms with Crippen LogP contribution in [0.5, 0.6) is 0 Å². The molecular weight excluding hydrogens is 652 g/mol. The van der Waals surface area contributed by atoms with Crippen LogP contribution in [0, 0.1) is 0 Å². The van der Waals surface area contributed by atoms with Gasteiger partial charge in [-0.05, 0) is 46.5 Å². The first-order valence-electron chi connectivity index (χ1n) is 13.3. The summed E-state index contributed by atoms with van der Waals surface area (Å²) in [4.78, 5) is 9.33. The molecule has 0 N–H and O–H groups in total. The van der Waals surface area contributed by atoms with Crippen LogP contribution in [0.15, 0.2) is 159 Å². The van der Waals surface area contributed by atoms with Gasteiger partial charge in [0.15, 0.2) is 36.4 Å². The highest BCUT2D eigenvalue weighted by Gasteiger charge is 2.23. The highest BCUT2D eigenvalue weighted by atomic mass is 79.9. The third-order valence-corrected chi connectivity index (χ3v) is 6.75. The van der Waals surface area contributed by atoms with Crippen molar-refractivity contribution in [2.45, 2.75) is 13.1 Å². The Kier molecular flexibility index (Phi) is 10.9. The molecule has 0 atom stereocenters. The highest BCUT2D eigenvalue weighted by Crippen LogP contribution is 2.30. The normalized spacial score (nSPS) is 10.2. The van der Waals surface area contributed by atoms with Crippen LogP contribution in [-0.4, -0.2) is 9.97 Å². The average molecular weight is 682 g/mol. The van der Waals surface area contributed by atoms with Gasteiger partial charge in [0.05, 0.1) is 0 Å². The summed E-state index contributed by atoms with van der Waals surface area (Å²) in [6.45, 7) is 1.29. The summed E-state index contributed by atoms with van der Waals surface area (Å²) in [5, 5.41) is 4.36. The number of anilines is 2. The van der Waals surface area contributed by atoms with E-state index in [0.29, 0.717) is 13.1 Å². The zero-order valence-electron chi connectivity index (χ0n) is 22.9.